The van der Waals surface area contributed by atoms with Crippen LogP contribution in [-0.2, 0) is 0 Å². The molecule has 0 saturated heterocycles. The van der Waals surface area contributed by atoms with E-state index >= 15 is 0 Å². The molecule has 102 valence electrons. The van der Waals surface area contributed by atoms with Crippen molar-refractivity contribution in [2.75, 3.05) is 6.54 Å². The van der Waals surface area contributed by atoms with Crippen molar-refractivity contribution in [3.05, 3.63) is 0 Å². The molecule has 1 aliphatic carbocycles. The molecule has 0 aliphatic heterocycles. The van der Waals surface area contributed by atoms with Crippen molar-refractivity contribution in [2.45, 2.75) is 79.2 Å². The second-order valence-corrected chi connectivity index (χ2v) is 7.34. The predicted molar refractivity (Wildman–Crippen MR) is 77.3 cm³/mol. The van der Waals surface area contributed by atoms with Crippen molar-refractivity contribution in [2.24, 2.45) is 17.3 Å². The second-order valence-electron chi connectivity index (χ2n) is 7.34. The fourth-order valence-electron chi connectivity index (χ4n) is 3.03. The summed E-state index contributed by atoms with van der Waals surface area (Å²) in [7, 11) is 0. The van der Waals surface area contributed by atoms with Crippen LogP contribution in [0, 0.1) is 17.3 Å². The third kappa shape index (κ3) is 5.90. The Hall–Kier alpha value is -0.0400. The summed E-state index contributed by atoms with van der Waals surface area (Å²) in [4.78, 5) is 0. The molecule has 0 bridgehead atoms. The van der Waals surface area contributed by atoms with Crippen LogP contribution in [0.5, 0.6) is 0 Å². The molecule has 1 rings (SSSR count). The van der Waals surface area contributed by atoms with Gasteiger partial charge in [0.05, 0.1) is 0 Å². The first-order valence-corrected chi connectivity index (χ1v) is 7.65. The van der Waals surface area contributed by atoms with Gasteiger partial charge in [0, 0.05) is 6.04 Å². The van der Waals surface area contributed by atoms with Crippen LogP contribution in [0.15, 0.2) is 0 Å². The van der Waals surface area contributed by atoms with Gasteiger partial charge in [0.2, 0.25) is 0 Å². The molecule has 1 aliphatic rings. The molecule has 1 nitrogen and oxygen atoms in total. The Labute approximate surface area is 109 Å². The molecule has 3 atom stereocenters. The van der Waals surface area contributed by atoms with Gasteiger partial charge in [-0.25, -0.2) is 0 Å². The van der Waals surface area contributed by atoms with Crippen LogP contribution in [0.4, 0.5) is 0 Å². The maximum atomic E-state index is 3.78. The first-order valence-electron chi connectivity index (χ1n) is 7.65. The van der Waals surface area contributed by atoms with Crippen molar-refractivity contribution in [3.8, 4) is 0 Å². The third-order valence-electron chi connectivity index (χ3n) is 4.17. The molecular formula is C16H33N. The molecule has 0 amide bonds. The summed E-state index contributed by atoms with van der Waals surface area (Å²) in [5, 5.41) is 3.78. The summed E-state index contributed by atoms with van der Waals surface area (Å²) in [6, 6.07) is 0.800. The number of hydrogen-bond donors (Lipinski definition) is 1. The predicted octanol–water partition coefficient (Wildman–Crippen LogP) is 4.62. The zero-order valence-corrected chi connectivity index (χ0v) is 12.7. The Bertz CT molecular complexity index is 202. The lowest BCUT2D eigenvalue weighted by molar-refractivity contribution is 0.182. The normalized spacial score (nSPS) is 30.5. The summed E-state index contributed by atoms with van der Waals surface area (Å²) in [6.07, 6.45) is 8.31. The highest BCUT2D eigenvalue weighted by molar-refractivity contribution is 4.84. The van der Waals surface area contributed by atoms with E-state index in [9.17, 15) is 0 Å². The average molecular weight is 239 g/mol. The molecular weight excluding hydrogens is 206 g/mol. The minimum atomic E-state index is 0.496. The molecule has 17 heavy (non-hydrogen) atoms. The van der Waals surface area contributed by atoms with Crippen LogP contribution in [0.3, 0.4) is 0 Å². The molecule has 1 N–H and O–H groups in total. The van der Waals surface area contributed by atoms with E-state index in [0.717, 1.165) is 17.9 Å². The smallest absolute Gasteiger partial charge is 0.00955 e. The second kappa shape index (κ2) is 6.78. The van der Waals surface area contributed by atoms with Crippen LogP contribution >= 0.6 is 0 Å². The van der Waals surface area contributed by atoms with Gasteiger partial charge in [0.15, 0.2) is 0 Å². The highest BCUT2D eigenvalue weighted by atomic mass is 14.9. The molecule has 1 saturated carbocycles. The molecule has 0 heterocycles. The Balaban J connectivity index is 2.43. The Kier molecular flexibility index (Phi) is 5.99. The summed E-state index contributed by atoms with van der Waals surface area (Å²) in [5.74, 6) is 1.86. The van der Waals surface area contributed by atoms with Gasteiger partial charge >= 0.3 is 0 Å². The minimum absolute atomic E-state index is 0.496. The SMILES string of the molecule is CCCNC1CCC(C)CC1CCC(C)(C)C. The number of hydrogen-bond acceptors (Lipinski definition) is 1. The van der Waals surface area contributed by atoms with Gasteiger partial charge in [-0.3, -0.25) is 0 Å². The highest BCUT2D eigenvalue weighted by Crippen LogP contribution is 2.34. The Morgan fingerprint density at radius 2 is 1.88 bits per heavy atom. The van der Waals surface area contributed by atoms with Crippen LogP contribution in [0.2, 0.25) is 0 Å². The van der Waals surface area contributed by atoms with Gasteiger partial charge in [-0.2, -0.15) is 0 Å². The van der Waals surface area contributed by atoms with Crippen molar-refractivity contribution >= 4 is 0 Å². The van der Waals surface area contributed by atoms with E-state index in [1.165, 1.54) is 45.1 Å². The first-order chi connectivity index (χ1) is 7.92. The maximum absolute atomic E-state index is 3.78. The van der Waals surface area contributed by atoms with Gasteiger partial charge in [0.1, 0.15) is 0 Å². The quantitative estimate of drug-likeness (QED) is 0.738. The fraction of sp³-hybridized carbons (Fsp3) is 1.00. The average Bonchev–Trinajstić information content (AvgIpc) is 2.24. The fourth-order valence-corrected chi connectivity index (χ4v) is 3.03. The largest absolute Gasteiger partial charge is 0.314 e. The van der Waals surface area contributed by atoms with E-state index in [0.29, 0.717) is 5.41 Å². The van der Waals surface area contributed by atoms with Crippen molar-refractivity contribution in [1.29, 1.82) is 0 Å². The molecule has 3 unspecified atom stereocenters. The van der Waals surface area contributed by atoms with E-state index in [2.05, 4.69) is 39.9 Å². The molecule has 0 aromatic rings. The summed E-state index contributed by atoms with van der Waals surface area (Å²) < 4.78 is 0. The van der Waals surface area contributed by atoms with Gasteiger partial charge < -0.3 is 5.32 Å². The molecule has 1 heteroatoms. The molecule has 0 spiro atoms. The van der Waals surface area contributed by atoms with Gasteiger partial charge in [-0.1, -0.05) is 34.6 Å². The summed E-state index contributed by atoms with van der Waals surface area (Å²) in [6.45, 7) is 13.0. The number of nitrogens with one attached hydrogen (secondary N) is 1. The lowest BCUT2D eigenvalue weighted by Gasteiger charge is -2.37. The molecule has 0 aromatic carbocycles. The molecule has 0 aromatic heterocycles. The van der Waals surface area contributed by atoms with Crippen LogP contribution < -0.4 is 5.32 Å². The van der Waals surface area contributed by atoms with Crippen LogP contribution in [0.25, 0.3) is 0 Å². The number of rotatable bonds is 5. The maximum Gasteiger partial charge on any atom is 0.00955 e. The molecule has 0 radical (unpaired) electrons. The Morgan fingerprint density at radius 3 is 2.47 bits per heavy atom. The minimum Gasteiger partial charge on any atom is -0.314 e. The van der Waals surface area contributed by atoms with Crippen molar-refractivity contribution in [1.82, 2.24) is 5.32 Å². The van der Waals surface area contributed by atoms with E-state index in [-0.39, 0.29) is 0 Å². The first kappa shape index (κ1) is 15.0. The van der Waals surface area contributed by atoms with E-state index in [4.69, 9.17) is 0 Å². The highest BCUT2D eigenvalue weighted by Gasteiger charge is 2.28. The van der Waals surface area contributed by atoms with E-state index < -0.39 is 0 Å². The summed E-state index contributed by atoms with van der Waals surface area (Å²) >= 11 is 0. The van der Waals surface area contributed by atoms with Crippen molar-refractivity contribution < 1.29 is 0 Å². The van der Waals surface area contributed by atoms with E-state index in [1.807, 2.05) is 0 Å². The van der Waals surface area contributed by atoms with Gasteiger partial charge in [0.25, 0.3) is 0 Å². The zero-order chi connectivity index (χ0) is 12.9. The topological polar surface area (TPSA) is 12.0 Å². The van der Waals surface area contributed by atoms with Crippen LogP contribution in [-0.4, -0.2) is 12.6 Å². The standard InChI is InChI=1S/C16H33N/c1-6-11-17-15-8-7-13(2)12-14(15)9-10-16(3,4)5/h13-15,17H,6-12H2,1-5H3. The molecule has 1 fully saturated rings. The van der Waals surface area contributed by atoms with E-state index in [1.54, 1.807) is 0 Å². The lowest BCUT2D eigenvalue weighted by atomic mass is 9.74. The summed E-state index contributed by atoms with van der Waals surface area (Å²) in [5.41, 5.74) is 0.496. The van der Waals surface area contributed by atoms with Crippen LogP contribution in [0.1, 0.15) is 73.1 Å². The van der Waals surface area contributed by atoms with Gasteiger partial charge in [-0.15, -0.1) is 0 Å². The third-order valence-corrected chi connectivity index (χ3v) is 4.17. The van der Waals surface area contributed by atoms with Crippen molar-refractivity contribution in [3.63, 3.8) is 0 Å². The monoisotopic (exact) mass is 239 g/mol. The Morgan fingerprint density at radius 1 is 1.18 bits per heavy atom. The zero-order valence-electron chi connectivity index (χ0n) is 12.7. The lowest BCUT2D eigenvalue weighted by Crippen LogP contribution is -2.41. The van der Waals surface area contributed by atoms with Gasteiger partial charge in [-0.05, 0) is 62.3 Å².